The molecule has 7 heavy (non-hydrogen) atoms. The third kappa shape index (κ3) is 1.14. The van der Waals surface area contributed by atoms with E-state index in [1.165, 1.54) is 19.3 Å². The van der Waals surface area contributed by atoms with E-state index < -0.39 is 0 Å². The highest BCUT2D eigenvalue weighted by atomic mass is 16.3. The van der Waals surface area contributed by atoms with Gasteiger partial charge in [0.25, 0.3) is 0 Å². The van der Waals surface area contributed by atoms with Crippen LogP contribution in [0.2, 0.25) is 0 Å². The van der Waals surface area contributed by atoms with E-state index in [2.05, 4.69) is 5.32 Å². The van der Waals surface area contributed by atoms with Crippen molar-refractivity contribution in [1.82, 2.24) is 5.32 Å². The third-order valence-electron chi connectivity index (χ3n) is 1.49. The molecule has 1 aliphatic rings. The summed E-state index contributed by atoms with van der Waals surface area (Å²) in [6, 6.07) is 0.630. The first-order valence-electron chi connectivity index (χ1n) is 2.77. The highest BCUT2D eigenvalue weighted by Crippen LogP contribution is 2.17. The lowest BCUT2D eigenvalue weighted by Crippen LogP contribution is -2.35. The smallest absolute Gasteiger partial charge is 0.0933 e. The minimum absolute atomic E-state index is 0.144. The van der Waals surface area contributed by atoms with Gasteiger partial charge in [-0.2, -0.15) is 0 Å². The molecule has 0 unspecified atom stereocenters. The lowest BCUT2D eigenvalue weighted by molar-refractivity contribution is 0.207. The Hall–Kier alpha value is -0.0800. The zero-order valence-corrected chi connectivity index (χ0v) is 4.35. The second-order valence-electron chi connectivity index (χ2n) is 1.99. The van der Waals surface area contributed by atoms with Gasteiger partial charge in [0.15, 0.2) is 0 Å². The topological polar surface area (TPSA) is 32.3 Å². The molecule has 0 saturated heterocycles. The molecule has 0 spiro atoms. The van der Waals surface area contributed by atoms with Crippen molar-refractivity contribution in [1.29, 1.82) is 0 Å². The Labute approximate surface area is 43.5 Å². The predicted octanol–water partition coefficient (Wildman–Crippen LogP) is 0.0783. The quantitative estimate of drug-likeness (QED) is 0.483. The Balaban J connectivity index is 1.93. The number of aliphatic hydroxyl groups is 1. The molecule has 2 nitrogen and oxygen atoms in total. The number of nitrogens with one attached hydrogen (secondary N) is 1. The minimum atomic E-state index is 0.144. The Bertz CT molecular complexity index is 52.0. The van der Waals surface area contributed by atoms with Crippen LogP contribution in [-0.4, -0.2) is 17.9 Å². The second kappa shape index (κ2) is 2.28. The molecule has 1 aliphatic carbocycles. The molecular weight excluding hydrogens is 90.1 g/mol. The van der Waals surface area contributed by atoms with Gasteiger partial charge in [-0.1, -0.05) is 6.42 Å². The average Bonchev–Trinajstić information content (AvgIpc) is 1.55. The van der Waals surface area contributed by atoms with Crippen LogP contribution in [0.4, 0.5) is 0 Å². The maximum Gasteiger partial charge on any atom is 0.0933 e. The van der Waals surface area contributed by atoms with Gasteiger partial charge in [0, 0.05) is 6.04 Å². The fourth-order valence-electron chi connectivity index (χ4n) is 0.741. The van der Waals surface area contributed by atoms with Crippen molar-refractivity contribution < 1.29 is 5.11 Å². The van der Waals surface area contributed by atoms with Gasteiger partial charge in [-0.05, 0) is 12.8 Å². The van der Waals surface area contributed by atoms with Gasteiger partial charge in [0.05, 0.1) is 6.73 Å². The van der Waals surface area contributed by atoms with Crippen molar-refractivity contribution in [3.63, 3.8) is 0 Å². The van der Waals surface area contributed by atoms with Gasteiger partial charge in [-0.3, -0.25) is 5.32 Å². The molecule has 2 N–H and O–H groups in total. The maximum absolute atomic E-state index is 8.29. The first-order valence-corrected chi connectivity index (χ1v) is 2.77. The predicted molar refractivity (Wildman–Crippen MR) is 27.9 cm³/mol. The van der Waals surface area contributed by atoms with Crippen LogP contribution in [0, 0.1) is 0 Å². The summed E-state index contributed by atoms with van der Waals surface area (Å²) < 4.78 is 0. The van der Waals surface area contributed by atoms with Crippen LogP contribution in [0.15, 0.2) is 0 Å². The van der Waals surface area contributed by atoms with Crippen molar-refractivity contribution in [2.24, 2.45) is 0 Å². The third-order valence-corrected chi connectivity index (χ3v) is 1.49. The molecule has 0 radical (unpaired) electrons. The van der Waals surface area contributed by atoms with Crippen molar-refractivity contribution in [3.05, 3.63) is 0 Å². The Morgan fingerprint density at radius 2 is 2.29 bits per heavy atom. The highest BCUT2D eigenvalue weighted by molar-refractivity contribution is 4.74. The van der Waals surface area contributed by atoms with Gasteiger partial charge in [-0.15, -0.1) is 0 Å². The van der Waals surface area contributed by atoms with E-state index in [9.17, 15) is 0 Å². The molecule has 0 aromatic carbocycles. The van der Waals surface area contributed by atoms with Crippen LogP contribution >= 0.6 is 0 Å². The summed E-state index contributed by atoms with van der Waals surface area (Å²) >= 11 is 0. The summed E-state index contributed by atoms with van der Waals surface area (Å²) in [5.41, 5.74) is 0. The van der Waals surface area contributed by atoms with Crippen molar-refractivity contribution in [2.45, 2.75) is 25.3 Å². The van der Waals surface area contributed by atoms with Gasteiger partial charge in [0.2, 0.25) is 0 Å². The summed E-state index contributed by atoms with van der Waals surface area (Å²) in [5, 5.41) is 11.2. The average molecular weight is 101 g/mol. The summed E-state index contributed by atoms with van der Waals surface area (Å²) in [5.74, 6) is 0. The largest absolute Gasteiger partial charge is 0.381 e. The lowest BCUT2D eigenvalue weighted by atomic mass is 9.94. The van der Waals surface area contributed by atoms with Crippen molar-refractivity contribution >= 4 is 0 Å². The monoisotopic (exact) mass is 101 g/mol. The van der Waals surface area contributed by atoms with Crippen LogP contribution in [0.1, 0.15) is 19.3 Å². The van der Waals surface area contributed by atoms with E-state index in [1.807, 2.05) is 0 Å². The normalized spacial score (nSPS) is 21.9. The first kappa shape index (κ1) is 5.06. The molecule has 1 fully saturated rings. The molecule has 0 aliphatic heterocycles. The van der Waals surface area contributed by atoms with Crippen molar-refractivity contribution in [2.75, 3.05) is 6.73 Å². The Morgan fingerprint density at radius 3 is 2.43 bits per heavy atom. The molecule has 0 heterocycles. The summed E-state index contributed by atoms with van der Waals surface area (Å²) in [7, 11) is 0. The zero-order chi connectivity index (χ0) is 5.11. The Kier molecular flexibility index (Phi) is 1.65. The summed E-state index contributed by atoms with van der Waals surface area (Å²) in [6.07, 6.45) is 3.83. The molecule has 1 rings (SSSR count). The zero-order valence-electron chi connectivity index (χ0n) is 4.35. The van der Waals surface area contributed by atoms with E-state index in [-0.39, 0.29) is 6.73 Å². The maximum atomic E-state index is 8.29. The van der Waals surface area contributed by atoms with E-state index in [0.29, 0.717) is 6.04 Å². The molecule has 2 heteroatoms. The standard InChI is InChI=1S/C5H11NO/c7-4-6-5-2-1-3-5/h5-7H,1-4H2. The van der Waals surface area contributed by atoms with Gasteiger partial charge < -0.3 is 5.11 Å². The fraction of sp³-hybridized carbons (Fsp3) is 1.00. The highest BCUT2D eigenvalue weighted by Gasteiger charge is 2.14. The minimum Gasteiger partial charge on any atom is -0.381 e. The molecule has 0 bridgehead atoms. The molecule has 0 aromatic heterocycles. The molecule has 42 valence electrons. The first-order chi connectivity index (χ1) is 3.43. The van der Waals surface area contributed by atoms with Crippen LogP contribution in [0.5, 0.6) is 0 Å². The van der Waals surface area contributed by atoms with E-state index >= 15 is 0 Å². The van der Waals surface area contributed by atoms with Gasteiger partial charge in [0.1, 0.15) is 0 Å². The summed E-state index contributed by atoms with van der Waals surface area (Å²) in [4.78, 5) is 0. The molecule has 0 aromatic rings. The van der Waals surface area contributed by atoms with E-state index in [0.717, 1.165) is 0 Å². The molecule has 0 atom stereocenters. The van der Waals surface area contributed by atoms with Crippen LogP contribution in [-0.2, 0) is 0 Å². The number of hydrogen-bond donors (Lipinski definition) is 2. The molecule has 0 amide bonds. The van der Waals surface area contributed by atoms with Gasteiger partial charge in [-0.25, -0.2) is 0 Å². The van der Waals surface area contributed by atoms with Crippen LogP contribution in [0.3, 0.4) is 0 Å². The van der Waals surface area contributed by atoms with Crippen molar-refractivity contribution in [3.8, 4) is 0 Å². The number of rotatable bonds is 2. The fourth-order valence-corrected chi connectivity index (χ4v) is 0.741. The lowest BCUT2D eigenvalue weighted by Gasteiger charge is -2.25. The second-order valence-corrected chi connectivity index (χ2v) is 1.99. The van der Waals surface area contributed by atoms with E-state index in [4.69, 9.17) is 5.11 Å². The molecule has 1 saturated carbocycles. The Morgan fingerprint density at radius 1 is 1.57 bits per heavy atom. The molecular formula is C5H11NO. The van der Waals surface area contributed by atoms with E-state index in [1.54, 1.807) is 0 Å². The SMILES string of the molecule is OCNC1CCC1. The van der Waals surface area contributed by atoms with Gasteiger partial charge >= 0.3 is 0 Å². The van der Waals surface area contributed by atoms with Crippen LogP contribution < -0.4 is 5.32 Å². The summed E-state index contributed by atoms with van der Waals surface area (Å²) in [6.45, 7) is 0.144. The van der Waals surface area contributed by atoms with Crippen LogP contribution in [0.25, 0.3) is 0 Å². The number of aliphatic hydroxyl groups excluding tert-OH is 1. The number of hydrogen-bond acceptors (Lipinski definition) is 2.